The molecule has 1 saturated carbocycles. The van der Waals surface area contributed by atoms with Crippen molar-refractivity contribution in [1.82, 2.24) is 9.03 Å². The van der Waals surface area contributed by atoms with Gasteiger partial charge in [0.05, 0.1) is 5.92 Å². The van der Waals surface area contributed by atoms with Crippen LogP contribution in [0.4, 0.5) is 0 Å². The lowest BCUT2D eigenvalue weighted by molar-refractivity contribution is -0.142. The van der Waals surface area contributed by atoms with E-state index in [1.54, 1.807) is 0 Å². The molecule has 0 aromatic rings. The van der Waals surface area contributed by atoms with E-state index in [-0.39, 0.29) is 0 Å². The Morgan fingerprint density at radius 2 is 1.82 bits per heavy atom. The molecule has 2 N–H and O–H groups in total. The second kappa shape index (κ2) is 5.79. The van der Waals surface area contributed by atoms with Gasteiger partial charge in [0.25, 0.3) is 10.2 Å². The lowest BCUT2D eigenvalue weighted by Gasteiger charge is -2.24. The predicted molar refractivity (Wildman–Crippen MR) is 63.7 cm³/mol. The molecule has 1 aliphatic carbocycles. The number of hydrogen-bond donors (Lipinski definition) is 2. The molecule has 0 aliphatic heterocycles. The third-order valence-electron chi connectivity index (χ3n) is 3.11. The van der Waals surface area contributed by atoms with E-state index in [0.717, 1.165) is 23.6 Å². The van der Waals surface area contributed by atoms with Gasteiger partial charge in [-0.1, -0.05) is 19.3 Å². The van der Waals surface area contributed by atoms with E-state index in [0.29, 0.717) is 12.8 Å². The number of nitrogens with one attached hydrogen (secondary N) is 1. The Morgan fingerprint density at radius 1 is 1.24 bits per heavy atom. The van der Waals surface area contributed by atoms with Crippen LogP contribution in [0.15, 0.2) is 0 Å². The van der Waals surface area contributed by atoms with E-state index in [4.69, 9.17) is 5.11 Å². The first-order valence-corrected chi connectivity index (χ1v) is 7.21. The largest absolute Gasteiger partial charge is 0.481 e. The van der Waals surface area contributed by atoms with Crippen LogP contribution in [-0.2, 0) is 15.0 Å². The van der Waals surface area contributed by atoms with E-state index >= 15 is 0 Å². The van der Waals surface area contributed by atoms with Crippen LogP contribution in [0.1, 0.15) is 32.1 Å². The Bertz CT molecular complexity index is 367. The first-order valence-electron chi connectivity index (χ1n) is 5.77. The zero-order valence-electron chi connectivity index (χ0n) is 10.2. The van der Waals surface area contributed by atoms with Gasteiger partial charge in [0.2, 0.25) is 0 Å². The third-order valence-corrected chi connectivity index (χ3v) is 4.68. The minimum atomic E-state index is -3.56. The van der Waals surface area contributed by atoms with Crippen molar-refractivity contribution >= 4 is 16.2 Å². The summed E-state index contributed by atoms with van der Waals surface area (Å²) >= 11 is 0. The molecule has 1 aliphatic rings. The Kier molecular flexibility index (Phi) is 4.91. The summed E-state index contributed by atoms with van der Waals surface area (Å²) in [7, 11) is -0.710. The van der Waals surface area contributed by atoms with Crippen LogP contribution in [-0.4, -0.2) is 43.9 Å². The minimum Gasteiger partial charge on any atom is -0.481 e. The number of carboxylic acids is 1. The second-order valence-corrected chi connectivity index (χ2v) is 6.51. The summed E-state index contributed by atoms with van der Waals surface area (Å²) in [5.41, 5.74) is 0. The van der Waals surface area contributed by atoms with Crippen molar-refractivity contribution in [3.63, 3.8) is 0 Å². The van der Waals surface area contributed by atoms with Crippen LogP contribution in [0.2, 0.25) is 0 Å². The van der Waals surface area contributed by atoms with Crippen molar-refractivity contribution in [2.45, 2.75) is 38.1 Å². The van der Waals surface area contributed by atoms with E-state index < -0.39 is 28.1 Å². The van der Waals surface area contributed by atoms with Crippen molar-refractivity contribution in [1.29, 1.82) is 0 Å². The maximum Gasteiger partial charge on any atom is 0.308 e. The standard InChI is InChI=1S/C10H20N2O4S/c1-12(2)17(15,16)11-9-7-5-3-4-6-8(9)10(13)14/h8-9,11H,3-7H2,1-2H3,(H,13,14). The minimum absolute atomic E-state index is 0.498. The Balaban J connectivity index is 2.81. The molecular weight excluding hydrogens is 244 g/mol. The quantitative estimate of drug-likeness (QED) is 0.720. The van der Waals surface area contributed by atoms with Gasteiger partial charge in [-0.05, 0) is 12.8 Å². The summed E-state index contributed by atoms with van der Waals surface area (Å²) in [6.07, 6.45) is 3.80. The molecule has 7 heteroatoms. The number of carboxylic acid groups (broad SMARTS) is 1. The Morgan fingerprint density at radius 3 is 2.35 bits per heavy atom. The lowest BCUT2D eigenvalue weighted by atomic mass is 9.96. The molecule has 100 valence electrons. The number of rotatable bonds is 4. The van der Waals surface area contributed by atoms with Gasteiger partial charge in [0, 0.05) is 20.1 Å². The van der Waals surface area contributed by atoms with Crippen LogP contribution in [0.3, 0.4) is 0 Å². The van der Waals surface area contributed by atoms with Crippen molar-refractivity contribution in [2.75, 3.05) is 14.1 Å². The van der Waals surface area contributed by atoms with Crippen molar-refractivity contribution < 1.29 is 18.3 Å². The summed E-state index contributed by atoms with van der Waals surface area (Å²) in [5.74, 6) is -1.54. The van der Waals surface area contributed by atoms with Gasteiger partial charge in [-0.2, -0.15) is 17.4 Å². The molecule has 0 aromatic carbocycles. The summed E-state index contributed by atoms with van der Waals surface area (Å²) in [5, 5.41) is 9.12. The average molecular weight is 264 g/mol. The highest BCUT2D eigenvalue weighted by molar-refractivity contribution is 7.87. The van der Waals surface area contributed by atoms with Gasteiger partial charge in [-0.15, -0.1) is 0 Å². The van der Waals surface area contributed by atoms with Crippen molar-refractivity contribution in [3.05, 3.63) is 0 Å². The van der Waals surface area contributed by atoms with Gasteiger partial charge < -0.3 is 5.11 Å². The maximum atomic E-state index is 11.7. The molecular formula is C10H20N2O4S. The van der Waals surface area contributed by atoms with Crippen LogP contribution in [0.5, 0.6) is 0 Å². The molecule has 2 atom stereocenters. The highest BCUT2D eigenvalue weighted by Gasteiger charge is 2.32. The van der Waals surface area contributed by atoms with E-state index in [1.807, 2.05) is 0 Å². The molecule has 2 unspecified atom stereocenters. The molecule has 0 radical (unpaired) electrons. The molecule has 0 amide bonds. The molecule has 17 heavy (non-hydrogen) atoms. The second-order valence-electron chi connectivity index (χ2n) is 4.59. The van der Waals surface area contributed by atoms with Crippen LogP contribution in [0, 0.1) is 5.92 Å². The highest BCUT2D eigenvalue weighted by Crippen LogP contribution is 2.24. The third kappa shape index (κ3) is 3.93. The van der Waals surface area contributed by atoms with E-state index in [9.17, 15) is 13.2 Å². The topological polar surface area (TPSA) is 86.7 Å². The smallest absolute Gasteiger partial charge is 0.308 e. The summed E-state index contributed by atoms with van der Waals surface area (Å²) in [6, 6.07) is -0.498. The monoisotopic (exact) mass is 264 g/mol. The molecule has 6 nitrogen and oxygen atoms in total. The Hall–Kier alpha value is -0.660. The fourth-order valence-corrected chi connectivity index (χ4v) is 2.92. The van der Waals surface area contributed by atoms with Crippen LogP contribution in [0.25, 0.3) is 0 Å². The summed E-state index contributed by atoms with van der Waals surface area (Å²) < 4.78 is 27.0. The number of carbonyl (C=O) groups is 1. The molecule has 0 bridgehead atoms. The lowest BCUT2D eigenvalue weighted by Crippen LogP contribution is -2.47. The number of hydrogen-bond acceptors (Lipinski definition) is 3. The van der Waals surface area contributed by atoms with Gasteiger partial charge in [0.1, 0.15) is 0 Å². The van der Waals surface area contributed by atoms with Gasteiger partial charge in [-0.25, -0.2) is 0 Å². The van der Waals surface area contributed by atoms with Gasteiger partial charge in [-0.3, -0.25) is 4.79 Å². The molecule has 0 aromatic heterocycles. The van der Waals surface area contributed by atoms with Crippen LogP contribution < -0.4 is 4.72 Å². The molecule has 1 rings (SSSR count). The highest BCUT2D eigenvalue weighted by atomic mass is 32.2. The van der Waals surface area contributed by atoms with Crippen LogP contribution >= 0.6 is 0 Å². The maximum absolute atomic E-state index is 11.7. The SMILES string of the molecule is CN(C)S(=O)(=O)NC1CCCCCC1C(=O)O. The predicted octanol–water partition coefficient (Wildman–Crippen LogP) is 0.416. The van der Waals surface area contributed by atoms with E-state index in [1.165, 1.54) is 14.1 Å². The molecule has 0 saturated heterocycles. The zero-order valence-corrected chi connectivity index (χ0v) is 11.0. The first kappa shape index (κ1) is 14.4. The normalized spacial score (nSPS) is 26.8. The van der Waals surface area contributed by atoms with E-state index in [2.05, 4.69) is 4.72 Å². The zero-order chi connectivity index (χ0) is 13.1. The fourth-order valence-electron chi connectivity index (χ4n) is 2.04. The summed E-state index contributed by atoms with van der Waals surface area (Å²) in [4.78, 5) is 11.1. The molecule has 0 spiro atoms. The Labute approximate surface area is 102 Å². The number of nitrogens with zero attached hydrogens (tertiary/aromatic N) is 1. The molecule has 1 fully saturated rings. The summed E-state index contributed by atoms with van der Waals surface area (Å²) in [6.45, 7) is 0. The van der Waals surface area contributed by atoms with Crippen molar-refractivity contribution in [2.24, 2.45) is 5.92 Å². The van der Waals surface area contributed by atoms with Gasteiger partial charge >= 0.3 is 5.97 Å². The first-order chi connectivity index (χ1) is 7.84. The fraction of sp³-hybridized carbons (Fsp3) is 0.900. The average Bonchev–Trinajstić information content (AvgIpc) is 2.42. The number of aliphatic carboxylic acids is 1. The molecule has 0 heterocycles. The van der Waals surface area contributed by atoms with Crippen molar-refractivity contribution in [3.8, 4) is 0 Å². The van der Waals surface area contributed by atoms with Gasteiger partial charge in [0.15, 0.2) is 0 Å².